The number of anilines is 1. The first kappa shape index (κ1) is 56.1. The maximum atomic E-state index is 13.9. The minimum atomic E-state index is -1.43. The number of benzene rings is 3. The number of amides is 4. The molecule has 3 heterocycles. The lowest BCUT2D eigenvalue weighted by atomic mass is 9.80. The summed E-state index contributed by atoms with van der Waals surface area (Å²) in [5.41, 5.74) is -1.79. The van der Waals surface area contributed by atoms with Gasteiger partial charge in [-0.15, -0.1) is 4.99 Å². The quantitative estimate of drug-likeness (QED) is 0.0314. The Balaban J connectivity index is 1.39. The van der Waals surface area contributed by atoms with Gasteiger partial charge in [0.25, 0.3) is 5.56 Å². The van der Waals surface area contributed by atoms with Gasteiger partial charge in [0.1, 0.15) is 46.6 Å². The predicted octanol–water partition coefficient (Wildman–Crippen LogP) is 7.07. The van der Waals surface area contributed by atoms with Crippen LogP contribution < -0.4 is 25.7 Å². The molecule has 1 saturated heterocycles. The fourth-order valence-corrected chi connectivity index (χ4v) is 7.80. The normalized spacial score (nSPS) is 17.3. The third kappa shape index (κ3) is 13.7. The highest BCUT2D eigenvalue weighted by Crippen LogP contribution is 2.43. The number of aliphatic hydroxyl groups is 1. The van der Waals surface area contributed by atoms with Crippen LogP contribution in [0.15, 0.2) is 95.0 Å². The average Bonchev–Trinajstić information content (AvgIpc) is 3.90. The molecule has 4 amide bonds. The van der Waals surface area contributed by atoms with Crippen LogP contribution >= 0.6 is 0 Å². The SMILES string of the molecule is COc1ccc(C(OC[C@H]2O[C@@H](n3cnc4c(=O)[nH]c(NC(=O)C(C)C)nc43)[C@H](OCCCN(C(=O)OC(C)(C)C)C(=NC(=O)OC(C)(C)C)NC(=O)C(C)C)[C@@H]2O)(c2ccccc2)c2ccc(OC)cc2)cc1. The summed E-state index contributed by atoms with van der Waals surface area (Å²) in [5, 5.41) is 17.6. The van der Waals surface area contributed by atoms with Crippen molar-refractivity contribution in [2.24, 2.45) is 16.8 Å². The smallest absolute Gasteiger partial charge is 0.437 e. The Kier molecular flexibility index (Phi) is 18.0. The molecule has 1 aliphatic heterocycles. The highest BCUT2D eigenvalue weighted by molar-refractivity contribution is 6.06. The van der Waals surface area contributed by atoms with E-state index in [4.69, 9.17) is 33.2 Å². The lowest BCUT2D eigenvalue weighted by Crippen LogP contribution is -2.50. The molecule has 0 unspecified atom stereocenters. The van der Waals surface area contributed by atoms with E-state index in [9.17, 15) is 29.1 Å². The molecule has 3 aromatic carbocycles. The number of rotatable bonds is 17. The van der Waals surface area contributed by atoms with Crippen molar-refractivity contribution in [2.75, 3.05) is 39.3 Å². The molecular formula is C53H68N8O13. The second-order valence-corrected chi connectivity index (χ2v) is 20.1. The molecule has 2 aromatic heterocycles. The molecule has 0 saturated carbocycles. The number of fused-ring (bicyclic) bond motifs is 1. The number of guanidine groups is 1. The van der Waals surface area contributed by atoms with Crippen LogP contribution in [-0.4, -0.2) is 123 Å². The molecular weight excluding hydrogens is 957 g/mol. The van der Waals surface area contributed by atoms with E-state index < -0.39 is 88.7 Å². The Hall–Kier alpha value is -7.20. The Morgan fingerprint density at radius 1 is 0.824 bits per heavy atom. The van der Waals surface area contributed by atoms with Crippen LogP contribution in [0, 0.1) is 11.8 Å². The zero-order chi connectivity index (χ0) is 54.1. The molecule has 0 spiro atoms. The first-order valence-electron chi connectivity index (χ1n) is 24.3. The van der Waals surface area contributed by atoms with Gasteiger partial charge in [0.15, 0.2) is 17.4 Å². The van der Waals surface area contributed by atoms with Gasteiger partial charge < -0.3 is 38.3 Å². The van der Waals surface area contributed by atoms with Gasteiger partial charge in [0.2, 0.25) is 23.7 Å². The fraction of sp³-hybridized carbons (Fsp3) is 0.472. The standard InChI is InChI=1S/C53H68N8O13/c1-31(2)43(63)56-47-55-42-39(45(65)57-47)54-30-61(42)46-41(70-28-16-27-60(50(67)74-52(8,9)10)48(58-44(64)32(3)4)59-49(66)73-51(5,6)7)40(62)38(72-46)29-71-53(33-17-14-13-15-18-33,34-19-23-36(68-11)24-20-34)35-21-25-37(69-12)26-22-35/h13-15,17-26,30-32,38,40-41,46,62H,16,27-29H2,1-12H3,(H,58,59,64,66)(H2,55,56,57,63,65)/t38-,40-,41-,46-/m1/s1. The zero-order valence-electron chi connectivity index (χ0n) is 44.0. The van der Waals surface area contributed by atoms with Crippen LogP contribution in [0.25, 0.3) is 11.2 Å². The number of imidazole rings is 1. The summed E-state index contributed by atoms with van der Waals surface area (Å²) in [6.45, 7) is 15.9. The number of aromatic nitrogens is 4. The van der Waals surface area contributed by atoms with Crippen LogP contribution in [0.2, 0.25) is 0 Å². The maximum Gasteiger partial charge on any atom is 0.437 e. The van der Waals surface area contributed by atoms with Crippen molar-refractivity contribution in [2.45, 2.75) is 117 Å². The Morgan fingerprint density at radius 2 is 1.39 bits per heavy atom. The summed E-state index contributed by atoms with van der Waals surface area (Å²) in [6.07, 6.45) is -5.67. The summed E-state index contributed by atoms with van der Waals surface area (Å²) in [7, 11) is 3.15. The molecule has 4 atom stereocenters. The molecule has 0 radical (unpaired) electrons. The van der Waals surface area contributed by atoms with E-state index in [-0.39, 0.29) is 43.3 Å². The number of nitrogens with zero attached hydrogens (tertiary/aromatic N) is 5. The fourth-order valence-electron chi connectivity index (χ4n) is 7.80. The molecule has 5 aromatic rings. The van der Waals surface area contributed by atoms with Crippen LogP contribution in [0.4, 0.5) is 15.5 Å². The molecule has 1 aliphatic rings. The molecule has 398 valence electrons. The number of aliphatic hydroxyl groups excluding tert-OH is 1. The van der Waals surface area contributed by atoms with E-state index in [1.807, 2.05) is 78.9 Å². The molecule has 0 bridgehead atoms. The maximum absolute atomic E-state index is 13.9. The molecule has 21 nitrogen and oxygen atoms in total. The summed E-state index contributed by atoms with van der Waals surface area (Å²) in [6, 6.07) is 24.4. The summed E-state index contributed by atoms with van der Waals surface area (Å²) in [4.78, 5) is 82.7. The number of methoxy groups -OCH3 is 2. The number of aliphatic imine (C=N–C) groups is 1. The monoisotopic (exact) mass is 1020 g/mol. The number of carbonyl (C=O) groups excluding carboxylic acids is 4. The average molecular weight is 1030 g/mol. The number of carbonyl (C=O) groups is 4. The molecule has 4 N–H and O–H groups in total. The van der Waals surface area contributed by atoms with Gasteiger partial charge in [-0.2, -0.15) is 4.98 Å². The van der Waals surface area contributed by atoms with Gasteiger partial charge in [-0.05, 0) is 88.9 Å². The van der Waals surface area contributed by atoms with E-state index in [1.54, 1.807) is 83.5 Å². The van der Waals surface area contributed by atoms with Crippen LogP contribution in [0.1, 0.15) is 98.6 Å². The number of nitrogens with one attached hydrogen (secondary N) is 3. The number of hydrogen-bond donors (Lipinski definition) is 4. The van der Waals surface area contributed by atoms with Crippen molar-refractivity contribution in [3.05, 3.63) is 112 Å². The molecule has 21 heteroatoms. The second kappa shape index (κ2) is 23.8. The highest BCUT2D eigenvalue weighted by Gasteiger charge is 2.48. The summed E-state index contributed by atoms with van der Waals surface area (Å²) in [5.74, 6) is -1.27. The van der Waals surface area contributed by atoms with Crippen molar-refractivity contribution < 1.29 is 57.4 Å². The van der Waals surface area contributed by atoms with E-state index in [1.165, 1.54) is 10.9 Å². The van der Waals surface area contributed by atoms with Gasteiger partial charge >= 0.3 is 12.2 Å². The van der Waals surface area contributed by atoms with Crippen molar-refractivity contribution in [3.8, 4) is 11.5 Å². The van der Waals surface area contributed by atoms with E-state index in [0.717, 1.165) is 21.6 Å². The lowest BCUT2D eigenvalue weighted by molar-refractivity contribution is -0.122. The number of H-pyrrole nitrogens is 1. The Labute approximate surface area is 429 Å². The van der Waals surface area contributed by atoms with Crippen molar-refractivity contribution in [3.63, 3.8) is 0 Å². The second-order valence-electron chi connectivity index (χ2n) is 20.1. The molecule has 6 rings (SSSR count). The van der Waals surface area contributed by atoms with Crippen molar-refractivity contribution in [1.29, 1.82) is 0 Å². The Bertz CT molecular complexity index is 2770. The third-order valence-electron chi connectivity index (χ3n) is 11.5. The highest BCUT2D eigenvalue weighted by atomic mass is 16.6. The lowest BCUT2D eigenvalue weighted by Gasteiger charge is -2.37. The summed E-state index contributed by atoms with van der Waals surface area (Å²) < 4.78 is 44.0. The first-order valence-corrected chi connectivity index (χ1v) is 24.3. The largest absolute Gasteiger partial charge is 0.497 e. The van der Waals surface area contributed by atoms with E-state index in [2.05, 4.69) is 30.6 Å². The molecule has 0 aliphatic carbocycles. The summed E-state index contributed by atoms with van der Waals surface area (Å²) >= 11 is 0. The number of hydrogen-bond acceptors (Lipinski definition) is 15. The van der Waals surface area contributed by atoms with E-state index in [0.29, 0.717) is 11.5 Å². The zero-order valence-corrected chi connectivity index (χ0v) is 44.0. The van der Waals surface area contributed by atoms with E-state index >= 15 is 0 Å². The minimum absolute atomic E-state index is 0.00950. The molecule has 1 fully saturated rings. The predicted molar refractivity (Wildman–Crippen MR) is 274 cm³/mol. The number of ether oxygens (including phenoxy) is 7. The van der Waals surface area contributed by atoms with Crippen LogP contribution in [-0.2, 0) is 38.9 Å². The van der Waals surface area contributed by atoms with Gasteiger partial charge in [-0.1, -0.05) is 82.3 Å². The van der Waals surface area contributed by atoms with Crippen LogP contribution in [0.5, 0.6) is 11.5 Å². The first-order chi connectivity index (χ1) is 34.9. The third-order valence-corrected chi connectivity index (χ3v) is 11.5. The van der Waals surface area contributed by atoms with Gasteiger partial charge in [0.05, 0.1) is 27.2 Å². The van der Waals surface area contributed by atoms with Crippen molar-refractivity contribution >= 4 is 47.1 Å². The van der Waals surface area contributed by atoms with Gasteiger partial charge in [0, 0.05) is 25.0 Å². The van der Waals surface area contributed by atoms with Crippen molar-refractivity contribution in [1.82, 2.24) is 29.7 Å². The van der Waals surface area contributed by atoms with Crippen LogP contribution in [0.3, 0.4) is 0 Å². The number of aromatic amines is 1. The van der Waals surface area contributed by atoms with Gasteiger partial charge in [-0.25, -0.2) is 19.5 Å². The molecule has 74 heavy (non-hydrogen) atoms. The Morgan fingerprint density at radius 3 is 1.93 bits per heavy atom. The van der Waals surface area contributed by atoms with Gasteiger partial charge in [-0.3, -0.25) is 34.6 Å². The topological polar surface area (TPSA) is 256 Å². The minimum Gasteiger partial charge on any atom is -0.497 e.